The number of carbonyl (C=O) groups is 1. The van der Waals surface area contributed by atoms with Gasteiger partial charge >= 0.3 is 0 Å². The Morgan fingerprint density at radius 3 is 2.57 bits per heavy atom. The Kier molecular flexibility index (Phi) is 6.92. The Hall–Kier alpha value is -2.09. The minimum Gasteiger partial charge on any atom is -0.366 e. The molecule has 1 amide bonds. The second kappa shape index (κ2) is 9.81. The number of nitrogens with zero attached hydrogens (tertiary/aromatic N) is 3. The van der Waals surface area contributed by atoms with Crippen LogP contribution in [0, 0.1) is 5.82 Å². The quantitative estimate of drug-likeness (QED) is 0.477. The van der Waals surface area contributed by atoms with Crippen LogP contribution in [0.3, 0.4) is 0 Å². The van der Waals surface area contributed by atoms with Crippen molar-refractivity contribution >= 4 is 46.3 Å². The van der Waals surface area contributed by atoms with Gasteiger partial charge in [-0.3, -0.25) is 4.79 Å². The molecule has 1 aliphatic rings. The molecule has 156 valence electrons. The first-order chi connectivity index (χ1) is 14.6. The highest BCUT2D eigenvalue weighted by Crippen LogP contribution is 2.27. The van der Waals surface area contributed by atoms with Crippen LogP contribution in [0.1, 0.15) is 11.3 Å². The molecular weight excluding hydrogens is 441 g/mol. The summed E-state index contributed by atoms with van der Waals surface area (Å²) >= 11 is 9.14. The number of aromatic nitrogens is 1. The zero-order valence-corrected chi connectivity index (χ0v) is 18.7. The molecule has 8 heteroatoms. The molecule has 4 nitrogen and oxygen atoms in total. The van der Waals surface area contributed by atoms with Gasteiger partial charge in [0, 0.05) is 42.3 Å². The third kappa shape index (κ3) is 5.33. The summed E-state index contributed by atoms with van der Waals surface area (Å²) in [6, 6.07) is 14.6. The average Bonchev–Trinajstić information content (AvgIpc) is 3.21. The number of carbonyl (C=O) groups excluding carboxylic acids is 1. The number of hydrogen-bond donors (Lipinski definition) is 0. The summed E-state index contributed by atoms with van der Waals surface area (Å²) in [4.78, 5) is 21.1. The largest absolute Gasteiger partial charge is 0.366 e. The van der Waals surface area contributed by atoms with Crippen molar-refractivity contribution in [2.75, 3.05) is 31.1 Å². The molecule has 1 saturated heterocycles. The molecule has 1 aliphatic heterocycles. The van der Waals surface area contributed by atoms with Crippen LogP contribution in [0.4, 0.5) is 10.1 Å². The van der Waals surface area contributed by atoms with E-state index in [1.54, 1.807) is 35.2 Å². The minimum atomic E-state index is -0.219. The van der Waals surface area contributed by atoms with Crippen molar-refractivity contribution in [2.45, 2.75) is 16.5 Å². The molecule has 0 spiro atoms. The summed E-state index contributed by atoms with van der Waals surface area (Å²) in [6.07, 6.45) is 0.303. The van der Waals surface area contributed by atoms with E-state index in [-0.39, 0.29) is 11.7 Å². The molecule has 1 fully saturated rings. The number of amides is 1. The van der Waals surface area contributed by atoms with Gasteiger partial charge in [0.15, 0.2) is 0 Å². The predicted molar refractivity (Wildman–Crippen MR) is 122 cm³/mol. The Morgan fingerprint density at radius 1 is 1.10 bits per heavy atom. The fraction of sp³-hybridized carbons (Fsp3) is 0.273. The highest BCUT2D eigenvalue weighted by Gasteiger charge is 2.23. The predicted octanol–water partition coefficient (Wildman–Crippen LogP) is 5.12. The highest BCUT2D eigenvalue weighted by molar-refractivity contribution is 8.00. The van der Waals surface area contributed by atoms with Gasteiger partial charge in [-0.25, -0.2) is 9.37 Å². The number of benzene rings is 2. The van der Waals surface area contributed by atoms with Crippen LogP contribution in [-0.4, -0.2) is 42.0 Å². The van der Waals surface area contributed by atoms with E-state index in [0.717, 1.165) is 20.8 Å². The molecule has 3 aromatic rings. The van der Waals surface area contributed by atoms with E-state index in [2.05, 4.69) is 4.98 Å². The fourth-order valence-corrected chi connectivity index (χ4v) is 5.26. The molecule has 2 heterocycles. The molecule has 0 saturated carbocycles. The summed E-state index contributed by atoms with van der Waals surface area (Å²) in [5.74, 6) is 0.668. The first-order valence-electron chi connectivity index (χ1n) is 9.67. The number of thioether (sulfide) groups is 1. The second-order valence-corrected chi connectivity index (χ2v) is 9.53. The zero-order valence-electron chi connectivity index (χ0n) is 16.3. The third-order valence-electron chi connectivity index (χ3n) is 4.96. The monoisotopic (exact) mass is 461 g/mol. The first kappa shape index (κ1) is 21.2. The highest BCUT2D eigenvalue weighted by atomic mass is 35.5. The van der Waals surface area contributed by atoms with E-state index in [0.29, 0.717) is 38.3 Å². The maximum atomic E-state index is 14.0. The van der Waals surface area contributed by atoms with Crippen LogP contribution in [-0.2, 0) is 17.0 Å². The fourth-order valence-electron chi connectivity index (χ4n) is 3.33. The van der Waals surface area contributed by atoms with Gasteiger partial charge in [-0.15, -0.1) is 11.3 Å². The van der Waals surface area contributed by atoms with Crippen LogP contribution in [0.5, 0.6) is 0 Å². The van der Waals surface area contributed by atoms with Crippen molar-refractivity contribution in [3.05, 3.63) is 76.0 Å². The number of halogens is 2. The number of piperazine rings is 1. The summed E-state index contributed by atoms with van der Waals surface area (Å²) in [5, 5.41) is 2.69. The van der Waals surface area contributed by atoms with Crippen molar-refractivity contribution in [3.8, 4) is 0 Å². The Balaban J connectivity index is 1.26. The van der Waals surface area contributed by atoms with Gasteiger partial charge in [-0.2, -0.15) is 0 Å². The van der Waals surface area contributed by atoms with E-state index in [1.165, 1.54) is 11.6 Å². The second-order valence-electron chi connectivity index (χ2n) is 7.02. The SMILES string of the molecule is O=C(Cc1csc(SCc2ccc(Cl)cc2)n1)N1CCN(c2ccccc2F)CC1. The minimum absolute atomic E-state index is 0.0720. The molecule has 0 unspecified atom stereocenters. The summed E-state index contributed by atoms with van der Waals surface area (Å²) in [7, 11) is 0. The lowest BCUT2D eigenvalue weighted by molar-refractivity contribution is -0.130. The molecule has 0 N–H and O–H groups in total. The van der Waals surface area contributed by atoms with Gasteiger partial charge in [0.05, 0.1) is 17.8 Å². The number of para-hydroxylation sites is 1. The smallest absolute Gasteiger partial charge is 0.228 e. The van der Waals surface area contributed by atoms with Crippen molar-refractivity contribution in [1.29, 1.82) is 0 Å². The van der Waals surface area contributed by atoms with Crippen LogP contribution in [0.2, 0.25) is 5.02 Å². The molecule has 4 rings (SSSR count). The third-order valence-corrected chi connectivity index (χ3v) is 7.36. The molecule has 0 aliphatic carbocycles. The lowest BCUT2D eigenvalue weighted by Crippen LogP contribution is -2.49. The van der Waals surface area contributed by atoms with Crippen molar-refractivity contribution in [2.24, 2.45) is 0 Å². The number of rotatable bonds is 6. The van der Waals surface area contributed by atoms with Gasteiger partial charge in [0.1, 0.15) is 10.2 Å². The normalized spacial score (nSPS) is 14.2. The van der Waals surface area contributed by atoms with E-state index in [1.807, 2.05) is 45.5 Å². The lowest BCUT2D eigenvalue weighted by atomic mass is 10.2. The lowest BCUT2D eigenvalue weighted by Gasteiger charge is -2.36. The van der Waals surface area contributed by atoms with Crippen molar-refractivity contribution in [1.82, 2.24) is 9.88 Å². The van der Waals surface area contributed by atoms with Gasteiger partial charge in [-0.1, -0.05) is 47.6 Å². The average molecular weight is 462 g/mol. The van der Waals surface area contributed by atoms with Gasteiger partial charge in [-0.05, 0) is 29.8 Å². The molecule has 0 radical (unpaired) electrons. The van der Waals surface area contributed by atoms with Gasteiger partial charge in [0.2, 0.25) is 5.91 Å². The summed E-state index contributed by atoms with van der Waals surface area (Å²) in [6.45, 7) is 2.45. The van der Waals surface area contributed by atoms with Crippen LogP contribution in [0.15, 0.2) is 58.3 Å². The number of hydrogen-bond acceptors (Lipinski definition) is 5. The summed E-state index contributed by atoms with van der Waals surface area (Å²) in [5.41, 5.74) is 2.59. The maximum Gasteiger partial charge on any atom is 0.228 e. The van der Waals surface area contributed by atoms with Crippen LogP contribution >= 0.6 is 34.7 Å². The number of thiazole rings is 1. The topological polar surface area (TPSA) is 36.4 Å². The maximum absolute atomic E-state index is 14.0. The van der Waals surface area contributed by atoms with E-state index in [9.17, 15) is 9.18 Å². The molecule has 1 aromatic heterocycles. The standard InChI is InChI=1S/C22H21ClFN3OS2/c23-17-7-5-16(6-8-17)14-29-22-25-18(15-30-22)13-21(28)27-11-9-26(10-12-27)20-4-2-1-3-19(20)24/h1-8,15H,9-14H2. The van der Waals surface area contributed by atoms with E-state index >= 15 is 0 Å². The van der Waals surface area contributed by atoms with Crippen LogP contribution in [0.25, 0.3) is 0 Å². The Bertz CT molecular complexity index is 1000. The molecular formula is C22H21ClFN3OS2. The Morgan fingerprint density at radius 2 is 1.83 bits per heavy atom. The van der Waals surface area contributed by atoms with E-state index < -0.39 is 0 Å². The molecule has 2 aromatic carbocycles. The van der Waals surface area contributed by atoms with Crippen LogP contribution < -0.4 is 4.90 Å². The zero-order chi connectivity index (χ0) is 20.9. The molecule has 30 heavy (non-hydrogen) atoms. The van der Waals surface area contributed by atoms with Gasteiger partial charge < -0.3 is 9.80 Å². The van der Waals surface area contributed by atoms with Crippen molar-refractivity contribution < 1.29 is 9.18 Å². The number of anilines is 1. The van der Waals surface area contributed by atoms with E-state index in [4.69, 9.17) is 11.6 Å². The Labute approximate surface area is 188 Å². The molecule has 0 atom stereocenters. The summed E-state index contributed by atoms with van der Waals surface area (Å²) < 4.78 is 14.9. The first-order valence-corrected chi connectivity index (χ1v) is 11.9. The molecule has 0 bridgehead atoms. The van der Waals surface area contributed by atoms with Gasteiger partial charge in [0.25, 0.3) is 0 Å². The van der Waals surface area contributed by atoms with Crippen molar-refractivity contribution in [3.63, 3.8) is 0 Å².